The van der Waals surface area contributed by atoms with Gasteiger partial charge in [0.1, 0.15) is 11.0 Å². The fourth-order valence-electron chi connectivity index (χ4n) is 2.68. The van der Waals surface area contributed by atoms with Crippen LogP contribution in [-0.2, 0) is 12.8 Å². The SMILES string of the molecule is Cc1ccc(F)cc1-c1nc(Cl)c2c(n1)CCCCC2. The highest BCUT2D eigenvalue weighted by atomic mass is 35.5. The summed E-state index contributed by atoms with van der Waals surface area (Å²) in [6.07, 6.45) is 5.33. The largest absolute Gasteiger partial charge is 0.233 e. The predicted molar refractivity (Wildman–Crippen MR) is 78.4 cm³/mol. The summed E-state index contributed by atoms with van der Waals surface area (Å²) in [5.74, 6) is 0.257. The van der Waals surface area contributed by atoms with Gasteiger partial charge in [-0.3, -0.25) is 0 Å². The highest BCUT2D eigenvalue weighted by molar-refractivity contribution is 6.30. The van der Waals surface area contributed by atoms with Crippen molar-refractivity contribution in [1.29, 1.82) is 0 Å². The molecule has 1 aromatic heterocycles. The molecule has 4 heteroatoms. The number of hydrogen-bond acceptors (Lipinski definition) is 2. The van der Waals surface area contributed by atoms with E-state index in [9.17, 15) is 4.39 Å². The lowest BCUT2D eigenvalue weighted by atomic mass is 10.1. The highest BCUT2D eigenvalue weighted by Gasteiger charge is 2.17. The van der Waals surface area contributed by atoms with Crippen molar-refractivity contribution in [3.63, 3.8) is 0 Å². The van der Waals surface area contributed by atoms with Crippen LogP contribution in [0, 0.1) is 12.7 Å². The van der Waals surface area contributed by atoms with Crippen LogP contribution in [0.5, 0.6) is 0 Å². The third kappa shape index (κ3) is 2.55. The molecule has 20 heavy (non-hydrogen) atoms. The smallest absolute Gasteiger partial charge is 0.161 e. The van der Waals surface area contributed by atoms with Gasteiger partial charge in [-0.15, -0.1) is 0 Å². The number of nitrogens with zero attached hydrogens (tertiary/aromatic N) is 2. The summed E-state index contributed by atoms with van der Waals surface area (Å²) in [7, 11) is 0. The second kappa shape index (κ2) is 5.49. The monoisotopic (exact) mass is 290 g/mol. The van der Waals surface area contributed by atoms with Gasteiger partial charge in [-0.05, 0) is 50.3 Å². The van der Waals surface area contributed by atoms with Gasteiger partial charge in [-0.2, -0.15) is 0 Å². The van der Waals surface area contributed by atoms with Gasteiger partial charge in [0.15, 0.2) is 5.82 Å². The average molecular weight is 291 g/mol. The summed E-state index contributed by atoms with van der Waals surface area (Å²) < 4.78 is 13.4. The van der Waals surface area contributed by atoms with Gasteiger partial charge in [-0.25, -0.2) is 14.4 Å². The zero-order valence-electron chi connectivity index (χ0n) is 11.4. The molecule has 0 saturated heterocycles. The van der Waals surface area contributed by atoms with Crippen molar-refractivity contribution in [2.75, 3.05) is 0 Å². The van der Waals surface area contributed by atoms with E-state index in [1.165, 1.54) is 18.6 Å². The molecule has 0 aliphatic heterocycles. The molecule has 1 heterocycles. The molecule has 0 fully saturated rings. The minimum absolute atomic E-state index is 0.278. The second-order valence-corrected chi connectivity index (χ2v) is 5.64. The minimum atomic E-state index is -0.278. The Bertz CT molecular complexity index is 655. The van der Waals surface area contributed by atoms with E-state index in [4.69, 9.17) is 11.6 Å². The Hall–Kier alpha value is -1.48. The van der Waals surface area contributed by atoms with E-state index < -0.39 is 0 Å². The van der Waals surface area contributed by atoms with Crippen LogP contribution in [0.1, 0.15) is 36.1 Å². The van der Waals surface area contributed by atoms with Crippen molar-refractivity contribution in [1.82, 2.24) is 9.97 Å². The number of halogens is 2. The van der Waals surface area contributed by atoms with E-state index in [0.717, 1.165) is 48.1 Å². The zero-order chi connectivity index (χ0) is 14.1. The molecule has 0 radical (unpaired) electrons. The predicted octanol–water partition coefficient (Wildman–Crippen LogP) is 4.51. The normalized spacial score (nSPS) is 14.8. The van der Waals surface area contributed by atoms with Crippen molar-refractivity contribution in [2.24, 2.45) is 0 Å². The molecule has 3 rings (SSSR count). The first kappa shape index (κ1) is 13.5. The van der Waals surface area contributed by atoms with Crippen LogP contribution >= 0.6 is 11.6 Å². The first-order valence-electron chi connectivity index (χ1n) is 6.97. The van der Waals surface area contributed by atoms with Crippen LogP contribution in [0.25, 0.3) is 11.4 Å². The number of fused-ring (bicyclic) bond motifs is 1. The number of rotatable bonds is 1. The summed E-state index contributed by atoms with van der Waals surface area (Å²) >= 11 is 6.32. The molecule has 0 unspecified atom stereocenters. The molecule has 0 atom stereocenters. The molecule has 0 N–H and O–H groups in total. The molecule has 2 nitrogen and oxygen atoms in total. The van der Waals surface area contributed by atoms with Crippen LogP contribution in [0.2, 0.25) is 5.15 Å². The van der Waals surface area contributed by atoms with E-state index in [0.29, 0.717) is 11.0 Å². The fraction of sp³-hybridized carbons (Fsp3) is 0.375. The Balaban J connectivity index is 2.13. The Labute approximate surface area is 123 Å². The van der Waals surface area contributed by atoms with Gasteiger partial charge in [0.05, 0.1) is 0 Å². The quantitative estimate of drug-likeness (QED) is 0.570. The second-order valence-electron chi connectivity index (χ2n) is 5.28. The maximum absolute atomic E-state index is 13.4. The number of aryl methyl sites for hydroxylation is 2. The molecule has 0 bridgehead atoms. The molecule has 0 spiro atoms. The van der Waals surface area contributed by atoms with Gasteiger partial charge in [0.2, 0.25) is 0 Å². The van der Waals surface area contributed by atoms with E-state index in [1.807, 2.05) is 6.92 Å². The standard InChI is InChI=1S/C16H16ClFN2/c1-10-7-8-11(18)9-13(10)16-19-14-6-4-2-3-5-12(14)15(17)20-16/h7-9H,2-6H2,1H3. The summed E-state index contributed by atoms with van der Waals surface area (Å²) in [5.41, 5.74) is 3.78. The number of benzene rings is 1. The van der Waals surface area contributed by atoms with Gasteiger partial charge >= 0.3 is 0 Å². The summed E-state index contributed by atoms with van der Waals surface area (Å²) in [4.78, 5) is 9.03. The van der Waals surface area contributed by atoms with Crippen LogP contribution in [0.3, 0.4) is 0 Å². The summed E-state index contributed by atoms with van der Waals surface area (Å²) in [6.45, 7) is 1.93. The van der Waals surface area contributed by atoms with Crippen LogP contribution in [-0.4, -0.2) is 9.97 Å². The first-order chi connectivity index (χ1) is 9.65. The Morgan fingerprint density at radius 1 is 1.10 bits per heavy atom. The summed E-state index contributed by atoms with van der Waals surface area (Å²) in [5, 5.41) is 0.524. The Morgan fingerprint density at radius 2 is 1.90 bits per heavy atom. The lowest BCUT2D eigenvalue weighted by Gasteiger charge is -2.11. The highest BCUT2D eigenvalue weighted by Crippen LogP contribution is 2.29. The van der Waals surface area contributed by atoms with Crippen molar-refractivity contribution in [2.45, 2.75) is 39.0 Å². The third-order valence-electron chi connectivity index (χ3n) is 3.82. The van der Waals surface area contributed by atoms with E-state index in [2.05, 4.69) is 9.97 Å². The van der Waals surface area contributed by atoms with Crippen molar-refractivity contribution < 1.29 is 4.39 Å². The van der Waals surface area contributed by atoms with Gasteiger partial charge < -0.3 is 0 Å². The van der Waals surface area contributed by atoms with Crippen LogP contribution in [0.4, 0.5) is 4.39 Å². The molecule has 0 amide bonds. The Kier molecular flexibility index (Phi) is 3.70. The first-order valence-corrected chi connectivity index (χ1v) is 7.35. The Morgan fingerprint density at radius 3 is 2.75 bits per heavy atom. The van der Waals surface area contributed by atoms with Crippen molar-refractivity contribution in [3.05, 3.63) is 46.0 Å². The fourth-order valence-corrected chi connectivity index (χ4v) is 2.96. The molecular formula is C16H16ClFN2. The number of aromatic nitrogens is 2. The molecule has 1 aliphatic carbocycles. The molecule has 2 aromatic rings. The molecule has 104 valence electrons. The molecule has 1 aromatic carbocycles. The van der Waals surface area contributed by atoms with Crippen LogP contribution in [0.15, 0.2) is 18.2 Å². The van der Waals surface area contributed by atoms with Crippen LogP contribution < -0.4 is 0 Å². The van der Waals surface area contributed by atoms with Gasteiger partial charge in [-0.1, -0.05) is 24.1 Å². The summed E-state index contributed by atoms with van der Waals surface area (Å²) in [6, 6.07) is 4.67. The van der Waals surface area contributed by atoms with Gasteiger partial charge in [0.25, 0.3) is 0 Å². The maximum atomic E-state index is 13.4. The van der Waals surface area contributed by atoms with E-state index in [-0.39, 0.29) is 5.82 Å². The average Bonchev–Trinajstić information content (AvgIpc) is 2.67. The lowest BCUT2D eigenvalue weighted by Crippen LogP contribution is -2.03. The minimum Gasteiger partial charge on any atom is -0.233 e. The zero-order valence-corrected chi connectivity index (χ0v) is 12.2. The maximum Gasteiger partial charge on any atom is 0.161 e. The number of hydrogen-bond donors (Lipinski definition) is 0. The van der Waals surface area contributed by atoms with Crippen molar-refractivity contribution >= 4 is 11.6 Å². The van der Waals surface area contributed by atoms with E-state index >= 15 is 0 Å². The van der Waals surface area contributed by atoms with Gasteiger partial charge in [0, 0.05) is 16.8 Å². The third-order valence-corrected chi connectivity index (χ3v) is 4.14. The molecule has 0 saturated carbocycles. The molecular weight excluding hydrogens is 275 g/mol. The molecule has 1 aliphatic rings. The van der Waals surface area contributed by atoms with E-state index in [1.54, 1.807) is 6.07 Å². The lowest BCUT2D eigenvalue weighted by molar-refractivity contribution is 0.627. The topological polar surface area (TPSA) is 25.8 Å². The van der Waals surface area contributed by atoms with Crippen molar-refractivity contribution in [3.8, 4) is 11.4 Å².